The van der Waals surface area contributed by atoms with Gasteiger partial charge in [-0.1, -0.05) is 6.42 Å². The van der Waals surface area contributed by atoms with Crippen LogP contribution in [0.15, 0.2) is 0 Å². The second kappa shape index (κ2) is 4.96. The van der Waals surface area contributed by atoms with Crippen LogP contribution in [-0.4, -0.2) is 35.7 Å². The Labute approximate surface area is 91.7 Å². The zero-order valence-corrected chi connectivity index (χ0v) is 9.23. The highest BCUT2D eigenvalue weighted by Gasteiger charge is 2.35. The molecule has 2 rings (SSSR count). The standard InChI is InChI=1S/C12H20N2O/c13-8-11-2-1-3-12(11)14-6-4-10(9-14)5-7-15/h10-12,15H,1-7,9H2. The summed E-state index contributed by atoms with van der Waals surface area (Å²) in [5.41, 5.74) is 0. The number of nitrogens with zero attached hydrogens (tertiary/aromatic N) is 2. The third-order valence-corrected chi connectivity index (χ3v) is 3.97. The van der Waals surface area contributed by atoms with Crippen molar-refractivity contribution in [2.24, 2.45) is 11.8 Å². The number of rotatable bonds is 3. The normalized spacial score (nSPS) is 36.9. The van der Waals surface area contributed by atoms with E-state index < -0.39 is 0 Å². The molecule has 0 aromatic rings. The summed E-state index contributed by atoms with van der Waals surface area (Å²) in [6, 6.07) is 2.96. The molecule has 3 heteroatoms. The Hall–Kier alpha value is -0.590. The molecule has 0 radical (unpaired) electrons. The number of nitriles is 1. The summed E-state index contributed by atoms with van der Waals surface area (Å²) < 4.78 is 0. The third kappa shape index (κ3) is 2.32. The molecule has 1 saturated carbocycles. The number of likely N-dealkylation sites (tertiary alicyclic amines) is 1. The van der Waals surface area contributed by atoms with Crippen LogP contribution in [0, 0.1) is 23.2 Å². The molecular formula is C12H20N2O. The molecule has 3 unspecified atom stereocenters. The van der Waals surface area contributed by atoms with Gasteiger partial charge in [0.2, 0.25) is 0 Å². The summed E-state index contributed by atoms with van der Waals surface area (Å²) >= 11 is 0. The Kier molecular flexibility index (Phi) is 3.61. The van der Waals surface area contributed by atoms with E-state index in [9.17, 15) is 0 Å². The smallest absolute Gasteiger partial charge is 0.0672 e. The number of hydrogen-bond acceptors (Lipinski definition) is 3. The Morgan fingerprint density at radius 3 is 2.93 bits per heavy atom. The quantitative estimate of drug-likeness (QED) is 0.762. The average molecular weight is 208 g/mol. The SMILES string of the molecule is N#CC1CCCC1N1CCC(CCO)C1. The van der Waals surface area contributed by atoms with Crippen LogP contribution >= 0.6 is 0 Å². The van der Waals surface area contributed by atoms with Crippen molar-refractivity contribution < 1.29 is 5.11 Å². The highest BCUT2D eigenvalue weighted by molar-refractivity contribution is 4.99. The molecule has 1 saturated heterocycles. The molecular weight excluding hydrogens is 188 g/mol. The summed E-state index contributed by atoms with van der Waals surface area (Å²) in [6.45, 7) is 2.54. The van der Waals surface area contributed by atoms with Crippen LogP contribution in [-0.2, 0) is 0 Å². The predicted octanol–water partition coefficient (Wildman–Crippen LogP) is 1.38. The van der Waals surface area contributed by atoms with E-state index >= 15 is 0 Å². The third-order valence-electron chi connectivity index (χ3n) is 3.97. The van der Waals surface area contributed by atoms with Gasteiger partial charge in [0.1, 0.15) is 0 Å². The lowest BCUT2D eigenvalue weighted by Gasteiger charge is -2.26. The maximum atomic E-state index is 9.05. The minimum atomic E-state index is 0.262. The van der Waals surface area contributed by atoms with Crippen molar-refractivity contribution in [1.29, 1.82) is 5.26 Å². The Balaban J connectivity index is 1.87. The molecule has 3 nitrogen and oxygen atoms in total. The van der Waals surface area contributed by atoms with E-state index in [4.69, 9.17) is 10.4 Å². The van der Waals surface area contributed by atoms with Gasteiger partial charge in [-0.25, -0.2) is 0 Å². The minimum absolute atomic E-state index is 0.262. The lowest BCUT2D eigenvalue weighted by atomic mass is 10.0. The van der Waals surface area contributed by atoms with Crippen molar-refractivity contribution in [3.05, 3.63) is 0 Å². The van der Waals surface area contributed by atoms with E-state index in [-0.39, 0.29) is 5.92 Å². The van der Waals surface area contributed by atoms with Gasteiger partial charge in [0, 0.05) is 19.2 Å². The number of aliphatic hydroxyl groups excluding tert-OH is 1. The monoisotopic (exact) mass is 208 g/mol. The maximum Gasteiger partial charge on any atom is 0.0672 e. The van der Waals surface area contributed by atoms with Gasteiger partial charge >= 0.3 is 0 Å². The van der Waals surface area contributed by atoms with Crippen LogP contribution in [0.1, 0.15) is 32.1 Å². The first-order chi connectivity index (χ1) is 7.35. The fraction of sp³-hybridized carbons (Fsp3) is 0.917. The predicted molar refractivity (Wildman–Crippen MR) is 58.1 cm³/mol. The fourth-order valence-corrected chi connectivity index (χ4v) is 3.11. The molecule has 0 aromatic carbocycles. The van der Waals surface area contributed by atoms with E-state index in [1.165, 1.54) is 19.3 Å². The van der Waals surface area contributed by atoms with Crippen molar-refractivity contribution in [3.63, 3.8) is 0 Å². The van der Waals surface area contributed by atoms with Crippen LogP contribution < -0.4 is 0 Å². The molecule has 0 aromatic heterocycles. The molecule has 0 spiro atoms. The van der Waals surface area contributed by atoms with Gasteiger partial charge in [0.15, 0.2) is 0 Å². The molecule has 15 heavy (non-hydrogen) atoms. The first kappa shape index (κ1) is 10.9. The van der Waals surface area contributed by atoms with Crippen molar-refractivity contribution in [1.82, 2.24) is 4.90 Å². The molecule has 1 N–H and O–H groups in total. The number of hydrogen-bond donors (Lipinski definition) is 1. The first-order valence-corrected chi connectivity index (χ1v) is 6.09. The molecule has 1 aliphatic heterocycles. The second-order valence-corrected chi connectivity index (χ2v) is 4.90. The van der Waals surface area contributed by atoms with E-state index in [0.717, 1.165) is 25.9 Å². The highest BCUT2D eigenvalue weighted by atomic mass is 16.3. The van der Waals surface area contributed by atoms with E-state index in [2.05, 4.69) is 11.0 Å². The van der Waals surface area contributed by atoms with Crippen LogP contribution in [0.2, 0.25) is 0 Å². The van der Waals surface area contributed by atoms with Crippen molar-refractivity contribution >= 4 is 0 Å². The zero-order valence-electron chi connectivity index (χ0n) is 9.23. The summed E-state index contributed by atoms with van der Waals surface area (Å²) in [5, 5.41) is 18.0. The second-order valence-electron chi connectivity index (χ2n) is 4.90. The van der Waals surface area contributed by atoms with Crippen molar-refractivity contribution in [2.45, 2.75) is 38.1 Å². The molecule has 84 valence electrons. The van der Waals surface area contributed by atoms with Gasteiger partial charge in [-0.15, -0.1) is 0 Å². The van der Waals surface area contributed by atoms with Crippen molar-refractivity contribution in [3.8, 4) is 6.07 Å². The summed E-state index contributed by atoms with van der Waals surface area (Å²) in [5.74, 6) is 0.924. The van der Waals surface area contributed by atoms with Crippen molar-refractivity contribution in [2.75, 3.05) is 19.7 Å². The Bertz CT molecular complexity index is 248. The number of aliphatic hydroxyl groups is 1. The van der Waals surface area contributed by atoms with Gasteiger partial charge in [-0.3, -0.25) is 4.90 Å². The van der Waals surface area contributed by atoms with Crippen LogP contribution in [0.4, 0.5) is 0 Å². The fourth-order valence-electron chi connectivity index (χ4n) is 3.11. The zero-order chi connectivity index (χ0) is 10.7. The minimum Gasteiger partial charge on any atom is -0.396 e. The van der Waals surface area contributed by atoms with E-state index in [0.29, 0.717) is 18.6 Å². The van der Waals surface area contributed by atoms with E-state index in [1.54, 1.807) is 0 Å². The first-order valence-electron chi connectivity index (χ1n) is 6.09. The summed E-state index contributed by atoms with van der Waals surface area (Å²) in [7, 11) is 0. The van der Waals surface area contributed by atoms with Gasteiger partial charge in [-0.2, -0.15) is 5.26 Å². The molecule has 0 amide bonds. The van der Waals surface area contributed by atoms with Gasteiger partial charge in [-0.05, 0) is 38.1 Å². The summed E-state index contributed by atoms with van der Waals surface area (Å²) in [6.07, 6.45) is 5.63. The lowest BCUT2D eigenvalue weighted by Crippen LogP contribution is -2.35. The van der Waals surface area contributed by atoms with Gasteiger partial charge < -0.3 is 5.11 Å². The Morgan fingerprint density at radius 2 is 2.20 bits per heavy atom. The highest BCUT2D eigenvalue weighted by Crippen LogP contribution is 2.33. The topological polar surface area (TPSA) is 47.3 Å². The molecule has 2 aliphatic rings. The molecule has 1 heterocycles. The molecule has 0 bridgehead atoms. The average Bonchev–Trinajstić information content (AvgIpc) is 2.84. The lowest BCUT2D eigenvalue weighted by molar-refractivity contribution is 0.202. The Morgan fingerprint density at radius 1 is 1.33 bits per heavy atom. The maximum absolute atomic E-state index is 9.05. The van der Waals surface area contributed by atoms with Crippen LogP contribution in [0.3, 0.4) is 0 Å². The molecule has 1 aliphatic carbocycles. The summed E-state index contributed by atoms with van der Waals surface area (Å²) in [4.78, 5) is 2.49. The van der Waals surface area contributed by atoms with Gasteiger partial charge in [0.25, 0.3) is 0 Å². The molecule has 2 fully saturated rings. The molecule has 3 atom stereocenters. The largest absolute Gasteiger partial charge is 0.396 e. The van der Waals surface area contributed by atoms with Gasteiger partial charge in [0.05, 0.1) is 12.0 Å². The van der Waals surface area contributed by atoms with E-state index in [1.807, 2.05) is 0 Å². The van der Waals surface area contributed by atoms with Crippen LogP contribution in [0.25, 0.3) is 0 Å². The van der Waals surface area contributed by atoms with Crippen LogP contribution in [0.5, 0.6) is 0 Å².